The zero-order chi connectivity index (χ0) is 15.1. The number of benzene rings is 1. The number of nitrogens with one attached hydrogen (secondary N) is 1. The first-order valence-electron chi connectivity index (χ1n) is 6.72. The largest absolute Gasteiger partial charge is 0.494 e. The van der Waals surface area contributed by atoms with Crippen LogP contribution >= 0.6 is 12.2 Å². The fourth-order valence-corrected chi connectivity index (χ4v) is 1.86. The second-order valence-corrected chi connectivity index (χ2v) is 4.96. The van der Waals surface area contributed by atoms with Gasteiger partial charge in [-0.3, -0.25) is 0 Å². The minimum atomic E-state index is 0.274. The number of aryl methyl sites for hydroxylation is 1. The molecule has 0 spiro atoms. The maximum atomic E-state index is 5.61. The highest BCUT2D eigenvalue weighted by molar-refractivity contribution is 7.80. The molecule has 0 saturated heterocycles. The lowest BCUT2D eigenvalue weighted by molar-refractivity contribution is 0.315. The first kappa shape index (κ1) is 15.2. The molecule has 0 saturated carbocycles. The van der Waals surface area contributed by atoms with Gasteiger partial charge in [-0.2, -0.15) is 0 Å². The van der Waals surface area contributed by atoms with Crippen molar-refractivity contribution in [2.75, 3.05) is 18.5 Å². The number of thiocarbonyl (C=S) groups is 1. The Morgan fingerprint density at radius 2 is 2.05 bits per heavy atom. The maximum Gasteiger partial charge on any atom is 0.223 e. The summed E-state index contributed by atoms with van der Waals surface area (Å²) in [6.07, 6.45) is 0.842. The van der Waals surface area contributed by atoms with Crippen molar-refractivity contribution in [1.29, 1.82) is 0 Å². The Hall–Kier alpha value is -2.21. The first-order valence-corrected chi connectivity index (χ1v) is 7.13. The van der Waals surface area contributed by atoms with Gasteiger partial charge < -0.3 is 15.8 Å². The number of rotatable bonds is 7. The van der Waals surface area contributed by atoms with Gasteiger partial charge in [0, 0.05) is 12.2 Å². The molecule has 1 aromatic heterocycles. The molecule has 0 radical (unpaired) electrons. The van der Waals surface area contributed by atoms with Crippen LogP contribution in [-0.4, -0.2) is 28.1 Å². The van der Waals surface area contributed by atoms with Crippen molar-refractivity contribution in [3.05, 3.63) is 47.8 Å². The molecule has 0 fully saturated rings. The van der Waals surface area contributed by atoms with E-state index in [0.29, 0.717) is 24.8 Å². The van der Waals surface area contributed by atoms with Crippen LogP contribution in [0.25, 0.3) is 0 Å². The fraction of sp³-hybridized carbons (Fsp3) is 0.267. The highest BCUT2D eigenvalue weighted by Gasteiger charge is 2.03. The average molecular weight is 302 g/mol. The van der Waals surface area contributed by atoms with Crippen molar-refractivity contribution in [3.8, 4) is 5.75 Å². The minimum absolute atomic E-state index is 0.274. The predicted molar refractivity (Wildman–Crippen MR) is 87.7 cm³/mol. The summed E-state index contributed by atoms with van der Waals surface area (Å²) in [4.78, 5) is 8.83. The Bertz CT molecular complexity index is 604. The summed E-state index contributed by atoms with van der Waals surface area (Å²) in [5, 5.41) is 3.15. The second-order valence-electron chi connectivity index (χ2n) is 4.52. The van der Waals surface area contributed by atoms with Crippen LogP contribution in [0.4, 0.5) is 5.95 Å². The fourth-order valence-electron chi connectivity index (χ4n) is 1.75. The third-order valence-electron chi connectivity index (χ3n) is 2.72. The zero-order valence-electron chi connectivity index (χ0n) is 11.9. The molecule has 21 heavy (non-hydrogen) atoms. The number of hydrogen-bond acceptors (Lipinski definition) is 5. The van der Waals surface area contributed by atoms with Crippen LogP contribution in [0.5, 0.6) is 5.75 Å². The Morgan fingerprint density at radius 3 is 2.76 bits per heavy atom. The monoisotopic (exact) mass is 302 g/mol. The normalized spacial score (nSPS) is 10.1. The standard InChI is InChI=1S/C15H18N4OS/c1-11-10-13(14(16)21)19-15(18-11)17-8-5-9-20-12-6-3-2-4-7-12/h2-4,6-7,10H,5,8-9H2,1H3,(H2,16,21)(H,17,18,19). The molecular weight excluding hydrogens is 284 g/mol. The molecule has 0 unspecified atom stereocenters. The minimum Gasteiger partial charge on any atom is -0.494 e. The van der Waals surface area contributed by atoms with E-state index in [2.05, 4.69) is 15.3 Å². The molecule has 6 heteroatoms. The van der Waals surface area contributed by atoms with Gasteiger partial charge in [-0.25, -0.2) is 9.97 Å². The van der Waals surface area contributed by atoms with Gasteiger partial charge in [0.2, 0.25) is 5.95 Å². The summed E-state index contributed by atoms with van der Waals surface area (Å²) >= 11 is 4.93. The number of nitrogens with zero attached hydrogens (tertiary/aromatic N) is 2. The Labute approximate surface area is 129 Å². The van der Waals surface area contributed by atoms with Crippen molar-refractivity contribution < 1.29 is 4.74 Å². The van der Waals surface area contributed by atoms with Crippen LogP contribution in [0.2, 0.25) is 0 Å². The molecular formula is C15H18N4OS. The molecule has 1 heterocycles. The molecule has 5 nitrogen and oxygen atoms in total. The number of ether oxygens (including phenoxy) is 1. The summed E-state index contributed by atoms with van der Waals surface area (Å²) in [5.41, 5.74) is 7.00. The van der Waals surface area contributed by atoms with Crippen LogP contribution < -0.4 is 15.8 Å². The van der Waals surface area contributed by atoms with Gasteiger partial charge in [0.25, 0.3) is 0 Å². The molecule has 0 atom stereocenters. The van der Waals surface area contributed by atoms with Gasteiger partial charge in [-0.15, -0.1) is 0 Å². The highest BCUT2D eigenvalue weighted by atomic mass is 32.1. The van der Waals surface area contributed by atoms with E-state index in [4.69, 9.17) is 22.7 Å². The van der Waals surface area contributed by atoms with Crippen molar-refractivity contribution >= 4 is 23.2 Å². The van der Waals surface area contributed by atoms with Crippen molar-refractivity contribution in [2.45, 2.75) is 13.3 Å². The number of aromatic nitrogens is 2. The molecule has 0 aliphatic carbocycles. The van der Waals surface area contributed by atoms with Crippen LogP contribution in [-0.2, 0) is 0 Å². The van der Waals surface area contributed by atoms with Gasteiger partial charge in [0.1, 0.15) is 16.4 Å². The number of anilines is 1. The van der Waals surface area contributed by atoms with Crippen LogP contribution in [0.15, 0.2) is 36.4 Å². The average Bonchev–Trinajstić information content (AvgIpc) is 2.47. The maximum absolute atomic E-state index is 5.61. The van der Waals surface area contributed by atoms with Gasteiger partial charge in [0.05, 0.1) is 6.61 Å². The number of para-hydroxylation sites is 1. The van der Waals surface area contributed by atoms with Crippen LogP contribution in [0.1, 0.15) is 17.8 Å². The zero-order valence-corrected chi connectivity index (χ0v) is 12.7. The van der Waals surface area contributed by atoms with E-state index in [1.54, 1.807) is 6.07 Å². The van der Waals surface area contributed by atoms with E-state index >= 15 is 0 Å². The van der Waals surface area contributed by atoms with E-state index in [9.17, 15) is 0 Å². The molecule has 0 bridgehead atoms. The quantitative estimate of drug-likeness (QED) is 0.604. The number of nitrogens with two attached hydrogens (primary N) is 1. The summed E-state index contributed by atoms with van der Waals surface area (Å²) in [6, 6.07) is 11.5. The summed E-state index contributed by atoms with van der Waals surface area (Å²) in [6.45, 7) is 3.23. The van der Waals surface area contributed by atoms with E-state index in [0.717, 1.165) is 17.9 Å². The van der Waals surface area contributed by atoms with Gasteiger partial charge in [-0.05, 0) is 31.5 Å². The molecule has 0 aliphatic heterocycles. The summed E-state index contributed by atoms with van der Waals surface area (Å²) < 4.78 is 5.61. The van der Waals surface area contributed by atoms with Crippen molar-refractivity contribution in [1.82, 2.24) is 9.97 Å². The molecule has 1 aromatic carbocycles. The highest BCUT2D eigenvalue weighted by Crippen LogP contribution is 2.09. The van der Waals surface area contributed by atoms with Crippen molar-refractivity contribution in [3.63, 3.8) is 0 Å². The molecule has 3 N–H and O–H groups in total. The van der Waals surface area contributed by atoms with E-state index in [-0.39, 0.29) is 4.99 Å². The molecule has 110 valence electrons. The van der Waals surface area contributed by atoms with Gasteiger partial charge >= 0.3 is 0 Å². The SMILES string of the molecule is Cc1cc(C(N)=S)nc(NCCCOc2ccccc2)n1. The smallest absolute Gasteiger partial charge is 0.223 e. The third kappa shape index (κ3) is 5.00. The summed E-state index contributed by atoms with van der Waals surface area (Å²) in [5.74, 6) is 1.41. The Morgan fingerprint density at radius 1 is 1.29 bits per heavy atom. The topological polar surface area (TPSA) is 73.1 Å². The Kier molecular flexibility index (Phi) is 5.45. The van der Waals surface area contributed by atoms with Crippen LogP contribution in [0.3, 0.4) is 0 Å². The van der Waals surface area contributed by atoms with Crippen molar-refractivity contribution in [2.24, 2.45) is 5.73 Å². The summed E-state index contributed by atoms with van der Waals surface area (Å²) in [7, 11) is 0. The van der Waals surface area contributed by atoms with E-state index < -0.39 is 0 Å². The lowest BCUT2D eigenvalue weighted by Gasteiger charge is -2.08. The third-order valence-corrected chi connectivity index (χ3v) is 2.93. The second kappa shape index (κ2) is 7.54. The Balaban J connectivity index is 1.77. The van der Waals surface area contributed by atoms with E-state index in [1.807, 2.05) is 37.3 Å². The molecule has 2 rings (SSSR count). The lowest BCUT2D eigenvalue weighted by atomic mass is 10.3. The van der Waals surface area contributed by atoms with Gasteiger partial charge in [0.15, 0.2) is 0 Å². The predicted octanol–water partition coefficient (Wildman–Crippen LogP) is 2.30. The lowest BCUT2D eigenvalue weighted by Crippen LogP contribution is -2.15. The molecule has 0 aliphatic rings. The molecule has 2 aromatic rings. The first-order chi connectivity index (χ1) is 10.1. The molecule has 0 amide bonds. The van der Waals surface area contributed by atoms with E-state index in [1.165, 1.54) is 0 Å². The van der Waals surface area contributed by atoms with Gasteiger partial charge in [-0.1, -0.05) is 30.4 Å². The van der Waals surface area contributed by atoms with Crippen LogP contribution in [0, 0.1) is 6.92 Å². The number of hydrogen-bond donors (Lipinski definition) is 2.